The Morgan fingerprint density at radius 3 is 2.94 bits per heavy atom. The monoisotopic (exact) mass is 222 g/mol. The Bertz CT molecular complexity index is 334. The molecule has 0 amide bonds. The summed E-state index contributed by atoms with van der Waals surface area (Å²) in [5.74, 6) is 0.593. The van der Waals surface area contributed by atoms with Gasteiger partial charge < -0.3 is 5.73 Å². The minimum absolute atomic E-state index is 0.485. The third-order valence-corrected chi connectivity index (χ3v) is 3.51. The van der Waals surface area contributed by atoms with Crippen LogP contribution >= 0.6 is 0 Å². The zero-order valence-electron chi connectivity index (χ0n) is 10.3. The van der Waals surface area contributed by atoms with Gasteiger partial charge in [-0.25, -0.2) is 0 Å². The highest BCUT2D eigenvalue weighted by Crippen LogP contribution is 2.36. The lowest BCUT2D eigenvalue weighted by molar-refractivity contribution is 0.230. The molecule has 0 radical (unpaired) electrons. The van der Waals surface area contributed by atoms with Gasteiger partial charge in [-0.3, -0.25) is 9.58 Å². The van der Waals surface area contributed by atoms with Gasteiger partial charge in [0.05, 0.1) is 6.20 Å². The molecule has 16 heavy (non-hydrogen) atoms. The predicted molar refractivity (Wildman–Crippen MR) is 65.0 cm³/mol. The smallest absolute Gasteiger partial charge is 0.0537 e. The Kier molecular flexibility index (Phi) is 3.61. The minimum Gasteiger partial charge on any atom is -0.330 e. The molecule has 2 N–H and O–H groups in total. The first-order valence-corrected chi connectivity index (χ1v) is 6.19. The third-order valence-electron chi connectivity index (χ3n) is 3.51. The van der Waals surface area contributed by atoms with Crippen LogP contribution in [0, 0.1) is 5.92 Å². The molecule has 1 fully saturated rings. The number of aromatic nitrogens is 2. The topological polar surface area (TPSA) is 47.1 Å². The number of hydrogen-bond donors (Lipinski definition) is 1. The number of hydrogen-bond acceptors (Lipinski definition) is 3. The Morgan fingerprint density at radius 1 is 1.56 bits per heavy atom. The SMILES string of the molecule is CCCN1CCC(CN)C1c1cnn(C)c1. The van der Waals surface area contributed by atoms with E-state index in [1.807, 2.05) is 17.9 Å². The lowest BCUT2D eigenvalue weighted by Crippen LogP contribution is -2.28. The van der Waals surface area contributed by atoms with E-state index in [0.29, 0.717) is 12.0 Å². The van der Waals surface area contributed by atoms with E-state index in [1.54, 1.807) is 0 Å². The van der Waals surface area contributed by atoms with Gasteiger partial charge in [0.2, 0.25) is 0 Å². The molecule has 4 nitrogen and oxygen atoms in total. The third kappa shape index (κ3) is 2.13. The maximum absolute atomic E-state index is 5.87. The molecule has 1 aromatic rings. The lowest BCUT2D eigenvalue weighted by atomic mass is 9.96. The first-order valence-electron chi connectivity index (χ1n) is 6.19. The fourth-order valence-corrected chi connectivity index (χ4v) is 2.79. The van der Waals surface area contributed by atoms with Crippen molar-refractivity contribution in [3.8, 4) is 0 Å². The Morgan fingerprint density at radius 2 is 2.38 bits per heavy atom. The molecule has 1 aromatic heterocycles. The van der Waals surface area contributed by atoms with Crippen molar-refractivity contribution < 1.29 is 0 Å². The molecule has 2 rings (SSSR count). The molecule has 0 bridgehead atoms. The van der Waals surface area contributed by atoms with Crippen LogP contribution in [0.4, 0.5) is 0 Å². The van der Waals surface area contributed by atoms with Crippen molar-refractivity contribution in [3.63, 3.8) is 0 Å². The molecule has 90 valence electrons. The summed E-state index contributed by atoms with van der Waals surface area (Å²) < 4.78 is 1.88. The van der Waals surface area contributed by atoms with Gasteiger partial charge in [-0.05, 0) is 38.4 Å². The van der Waals surface area contributed by atoms with Crippen LogP contribution in [0.25, 0.3) is 0 Å². The van der Waals surface area contributed by atoms with Crippen LogP contribution in [0.5, 0.6) is 0 Å². The average molecular weight is 222 g/mol. The standard InChI is InChI=1S/C12H22N4/c1-3-5-16-6-4-10(7-13)12(16)11-8-14-15(2)9-11/h8-10,12H,3-7,13H2,1-2H3. The summed E-state index contributed by atoms with van der Waals surface area (Å²) >= 11 is 0. The number of nitrogens with two attached hydrogens (primary N) is 1. The van der Waals surface area contributed by atoms with Crippen molar-refractivity contribution in [2.45, 2.75) is 25.8 Å². The van der Waals surface area contributed by atoms with E-state index in [4.69, 9.17) is 5.73 Å². The Hall–Kier alpha value is -0.870. The second-order valence-corrected chi connectivity index (χ2v) is 4.71. The highest BCUT2D eigenvalue weighted by atomic mass is 15.3. The second kappa shape index (κ2) is 4.97. The summed E-state index contributed by atoms with van der Waals surface area (Å²) in [6, 6.07) is 0.485. The Balaban J connectivity index is 2.18. The van der Waals surface area contributed by atoms with E-state index in [2.05, 4.69) is 23.1 Å². The van der Waals surface area contributed by atoms with Crippen LogP contribution in [0.15, 0.2) is 12.4 Å². The summed E-state index contributed by atoms with van der Waals surface area (Å²) in [4.78, 5) is 2.55. The number of likely N-dealkylation sites (tertiary alicyclic amines) is 1. The molecule has 0 aliphatic carbocycles. The van der Waals surface area contributed by atoms with Crippen molar-refractivity contribution in [1.29, 1.82) is 0 Å². The molecule has 0 aromatic carbocycles. The van der Waals surface area contributed by atoms with Crippen LogP contribution in [0.1, 0.15) is 31.4 Å². The van der Waals surface area contributed by atoms with E-state index in [-0.39, 0.29) is 0 Å². The fourth-order valence-electron chi connectivity index (χ4n) is 2.79. The second-order valence-electron chi connectivity index (χ2n) is 4.71. The normalized spacial score (nSPS) is 26.4. The maximum atomic E-state index is 5.87. The zero-order valence-corrected chi connectivity index (χ0v) is 10.3. The summed E-state index contributed by atoms with van der Waals surface area (Å²) in [5, 5.41) is 4.27. The van der Waals surface area contributed by atoms with Gasteiger partial charge in [0, 0.05) is 24.8 Å². The molecule has 1 saturated heterocycles. The van der Waals surface area contributed by atoms with Crippen LogP contribution < -0.4 is 5.73 Å². The quantitative estimate of drug-likeness (QED) is 0.831. The minimum atomic E-state index is 0.485. The number of aryl methyl sites for hydroxylation is 1. The van der Waals surface area contributed by atoms with E-state index in [0.717, 1.165) is 13.1 Å². The zero-order chi connectivity index (χ0) is 11.5. The highest BCUT2D eigenvalue weighted by molar-refractivity contribution is 5.14. The fraction of sp³-hybridized carbons (Fsp3) is 0.750. The molecule has 0 saturated carbocycles. The Labute approximate surface area is 97.4 Å². The molecule has 1 aliphatic rings. The largest absolute Gasteiger partial charge is 0.330 e. The average Bonchev–Trinajstić information content (AvgIpc) is 2.85. The van der Waals surface area contributed by atoms with Crippen molar-refractivity contribution in [2.24, 2.45) is 18.7 Å². The van der Waals surface area contributed by atoms with E-state index in [1.165, 1.54) is 24.9 Å². The van der Waals surface area contributed by atoms with Gasteiger partial charge in [-0.15, -0.1) is 0 Å². The van der Waals surface area contributed by atoms with E-state index in [9.17, 15) is 0 Å². The van der Waals surface area contributed by atoms with Crippen LogP contribution in [0.2, 0.25) is 0 Å². The summed E-state index contributed by atoms with van der Waals surface area (Å²) in [6.07, 6.45) is 6.53. The van der Waals surface area contributed by atoms with E-state index < -0.39 is 0 Å². The molecule has 4 heteroatoms. The van der Waals surface area contributed by atoms with Gasteiger partial charge in [0.15, 0.2) is 0 Å². The lowest BCUT2D eigenvalue weighted by Gasteiger charge is -2.26. The predicted octanol–water partition coefficient (Wildman–Crippen LogP) is 1.15. The van der Waals surface area contributed by atoms with Gasteiger partial charge in [0.1, 0.15) is 0 Å². The first kappa shape index (κ1) is 11.6. The molecular formula is C12H22N4. The number of nitrogens with zero attached hydrogens (tertiary/aromatic N) is 3. The molecule has 2 heterocycles. The highest BCUT2D eigenvalue weighted by Gasteiger charge is 2.34. The van der Waals surface area contributed by atoms with E-state index >= 15 is 0 Å². The van der Waals surface area contributed by atoms with Gasteiger partial charge in [0.25, 0.3) is 0 Å². The van der Waals surface area contributed by atoms with Gasteiger partial charge in [-0.2, -0.15) is 5.10 Å². The van der Waals surface area contributed by atoms with Gasteiger partial charge >= 0.3 is 0 Å². The van der Waals surface area contributed by atoms with Crippen molar-refractivity contribution in [1.82, 2.24) is 14.7 Å². The van der Waals surface area contributed by atoms with Crippen molar-refractivity contribution in [3.05, 3.63) is 18.0 Å². The summed E-state index contributed by atoms with van der Waals surface area (Å²) in [6.45, 7) is 5.35. The molecule has 2 unspecified atom stereocenters. The van der Waals surface area contributed by atoms with Crippen molar-refractivity contribution >= 4 is 0 Å². The van der Waals surface area contributed by atoms with Crippen LogP contribution in [-0.4, -0.2) is 34.3 Å². The first-order chi connectivity index (χ1) is 7.76. The molecule has 2 atom stereocenters. The summed E-state index contributed by atoms with van der Waals surface area (Å²) in [5.41, 5.74) is 7.20. The molecule has 0 spiro atoms. The summed E-state index contributed by atoms with van der Waals surface area (Å²) in [7, 11) is 1.97. The van der Waals surface area contributed by atoms with Crippen molar-refractivity contribution in [2.75, 3.05) is 19.6 Å². The maximum Gasteiger partial charge on any atom is 0.0537 e. The van der Waals surface area contributed by atoms with Crippen LogP contribution in [-0.2, 0) is 7.05 Å². The van der Waals surface area contributed by atoms with Gasteiger partial charge in [-0.1, -0.05) is 6.92 Å². The molecular weight excluding hydrogens is 200 g/mol. The molecule has 1 aliphatic heterocycles. The van der Waals surface area contributed by atoms with Crippen LogP contribution in [0.3, 0.4) is 0 Å². The number of rotatable bonds is 4.